The van der Waals surface area contributed by atoms with Crippen molar-refractivity contribution in [2.24, 2.45) is 23.5 Å². The smallest absolute Gasteiger partial charge is 0.326 e. The molecule has 0 unspecified atom stereocenters. The third-order valence-electron chi connectivity index (χ3n) is 18.1. The van der Waals surface area contributed by atoms with Gasteiger partial charge < -0.3 is 115 Å². The lowest BCUT2D eigenvalue weighted by Gasteiger charge is -2.33. The van der Waals surface area contributed by atoms with Crippen LogP contribution >= 0.6 is 0 Å². The summed E-state index contributed by atoms with van der Waals surface area (Å²) >= 11 is 0. The van der Waals surface area contributed by atoms with Crippen molar-refractivity contribution < 1.29 is 132 Å². The number of carbonyl (C=O) groups excluding carboxylic acids is 14. The van der Waals surface area contributed by atoms with Crippen LogP contribution in [0.4, 0.5) is 0 Å². The summed E-state index contributed by atoms with van der Waals surface area (Å²) in [4.78, 5) is 264. The highest BCUT2D eigenvalue weighted by molar-refractivity contribution is 6.01. The first-order valence-corrected chi connectivity index (χ1v) is 35.4. The van der Waals surface area contributed by atoms with E-state index in [2.05, 4.69) is 58.5 Å². The van der Waals surface area contributed by atoms with Gasteiger partial charge >= 0.3 is 35.8 Å². The van der Waals surface area contributed by atoms with Crippen molar-refractivity contribution in [1.82, 2.24) is 73.2 Å². The SMILES string of the molecule is CC[C@H](C)[C@H](NC(=O)CNC(=O)[C@H](CC(=O)O)NC(=O)CNC(=O)[C@@H]1CCCN1C(=O)[C@@H](NC(=O)[C@@H]1CCCN1C(=O)[C@@H](NC(=O)[C@H](CCC(=O)O)NC(=O)[C@H](CC(=O)O)NC(=O)[C@H](C)NC(=O)[C@@H]1CCCN1C(=O)[C@@H](N)CCC(=O)O)C(C)C)[C@@H](C)O)C(=O)N[C@@H](CC(C)C)C(=O)N[C@@H](CCC(=O)O)C(=O)O. The zero-order chi connectivity index (χ0) is 81.7. The molecule has 0 bridgehead atoms. The molecule has 0 saturated carbocycles. The van der Waals surface area contributed by atoms with Crippen molar-refractivity contribution in [3.8, 4) is 0 Å². The third-order valence-corrected chi connectivity index (χ3v) is 18.1. The molecule has 3 heterocycles. The molecule has 0 aliphatic carbocycles. The van der Waals surface area contributed by atoms with Crippen molar-refractivity contribution in [2.45, 2.75) is 243 Å². The summed E-state index contributed by atoms with van der Waals surface area (Å²) in [6.45, 7) is 10.0. The van der Waals surface area contributed by atoms with E-state index < -0.39 is 273 Å². The van der Waals surface area contributed by atoms with E-state index in [4.69, 9.17) is 15.9 Å². The van der Waals surface area contributed by atoms with Gasteiger partial charge in [-0.15, -0.1) is 0 Å². The van der Waals surface area contributed by atoms with E-state index in [1.807, 2.05) is 0 Å². The lowest BCUT2D eigenvalue weighted by Crippen LogP contribution is -2.62. The number of rotatable bonds is 45. The third kappa shape index (κ3) is 29.2. The predicted molar refractivity (Wildman–Crippen MR) is 369 cm³/mol. The molecule has 0 aromatic carbocycles. The number of nitrogens with two attached hydrogens (primary N) is 1. The number of carboxylic acids is 6. The Balaban J connectivity index is 1.69. The number of hydrogen-bond acceptors (Lipinski definition) is 22. The van der Waals surface area contributed by atoms with E-state index in [0.717, 1.165) is 21.6 Å². The number of likely N-dealkylation sites (tertiary alicyclic amines) is 3. The molecule has 0 aromatic heterocycles. The Morgan fingerprint density at radius 1 is 0.407 bits per heavy atom. The molecule has 0 radical (unpaired) electrons. The van der Waals surface area contributed by atoms with Gasteiger partial charge in [0.05, 0.1) is 38.1 Å². The molecule has 42 heteroatoms. The highest BCUT2D eigenvalue weighted by Crippen LogP contribution is 2.25. The first-order valence-electron chi connectivity index (χ1n) is 35.4. The number of nitrogens with one attached hydrogen (secondary N) is 11. The molecule has 3 saturated heterocycles. The minimum absolute atomic E-state index is 0.0132. The highest BCUT2D eigenvalue weighted by Gasteiger charge is 2.45. The Morgan fingerprint density at radius 2 is 0.824 bits per heavy atom. The number of carbonyl (C=O) groups is 20. The van der Waals surface area contributed by atoms with Gasteiger partial charge in [-0.05, 0) is 95.8 Å². The first-order chi connectivity index (χ1) is 50.5. The fourth-order valence-electron chi connectivity index (χ4n) is 12.0. The van der Waals surface area contributed by atoms with Gasteiger partial charge in [0, 0.05) is 38.9 Å². The standard InChI is InChI=1S/C66H103N15O27/c1-9-32(6)52(62(103)75-38(25-30(2)3)57(98)73-37(66(107)108)18-21-48(89)90)76-45(84)29-68-55(96)39(26-49(91)92)71-44(83)28-69-59(100)41-13-10-23-80(41)65(106)53(34(8)82)78-61(102)43-15-12-24-81(43)64(105)51(31(4)5)77-56(97)36(17-20-47(87)88)72-58(99)40(27-50(93)94)74-54(95)33(7)70-60(101)42-14-11-22-79(42)63(104)35(67)16-19-46(85)86/h30-43,51-53,82H,9-29,67H2,1-8H3,(H,68,96)(H,69,100)(H,70,101)(H,71,83)(H,72,99)(H,73,98)(H,74,95)(H,75,103)(H,76,84)(H,77,97)(H,78,102)(H,85,86)(H,87,88)(H,89,90)(H,91,92)(H,93,94)(H,107,108)/t32-,33-,34+,35-,36-,37-,38-,39-,40-,41-,42-,43-,51-,52-,53-/m0/s1. The Labute approximate surface area is 620 Å². The van der Waals surface area contributed by atoms with E-state index >= 15 is 0 Å². The van der Waals surface area contributed by atoms with Crippen LogP contribution in [0.3, 0.4) is 0 Å². The topological polar surface area (TPSA) is 651 Å². The molecule has 15 atom stereocenters. The van der Waals surface area contributed by atoms with Gasteiger partial charge in [-0.3, -0.25) is 91.1 Å². The number of nitrogens with zero attached hydrogens (tertiary/aromatic N) is 3. The summed E-state index contributed by atoms with van der Waals surface area (Å²) in [6, 6.07) is -19.9. The van der Waals surface area contributed by atoms with Crippen molar-refractivity contribution in [3.05, 3.63) is 0 Å². The maximum absolute atomic E-state index is 14.5. The number of aliphatic hydroxyl groups excluding tert-OH is 1. The maximum atomic E-state index is 14.5. The van der Waals surface area contributed by atoms with E-state index in [1.165, 1.54) is 20.8 Å². The van der Waals surface area contributed by atoms with Gasteiger partial charge in [0.25, 0.3) is 0 Å². The second-order valence-electron chi connectivity index (χ2n) is 27.6. The predicted octanol–water partition coefficient (Wildman–Crippen LogP) is -6.34. The first kappa shape index (κ1) is 91.5. The molecule has 42 nitrogen and oxygen atoms in total. The minimum Gasteiger partial charge on any atom is -0.481 e. The molecule has 3 aliphatic rings. The van der Waals surface area contributed by atoms with E-state index in [0.29, 0.717) is 6.42 Å². The molecule has 3 aliphatic heterocycles. The lowest BCUT2D eigenvalue weighted by atomic mass is 9.96. The van der Waals surface area contributed by atoms with Gasteiger partial charge in [0.2, 0.25) is 82.7 Å². The van der Waals surface area contributed by atoms with Crippen LogP contribution in [0.5, 0.6) is 0 Å². The fraction of sp³-hybridized carbons (Fsp3) is 0.697. The molecule has 3 fully saturated rings. The van der Waals surface area contributed by atoms with Gasteiger partial charge in [-0.2, -0.15) is 0 Å². The second kappa shape index (κ2) is 43.8. The molecular formula is C66H103N15O27. The van der Waals surface area contributed by atoms with Crippen molar-refractivity contribution >= 4 is 119 Å². The number of aliphatic hydroxyl groups is 1. The molecule has 604 valence electrons. The van der Waals surface area contributed by atoms with Gasteiger partial charge in [-0.1, -0.05) is 48.0 Å². The Kier molecular flexibility index (Phi) is 37.1. The Hall–Kier alpha value is -10.7. The van der Waals surface area contributed by atoms with Crippen LogP contribution in [0.15, 0.2) is 0 Å². The summed E-state index contributed by atoms with van der Waals surface area (Å²) < 4.78 is 0. The van der Waals surface area contributed by atoms with Crippen LogP contribution < -0.4 is 64.2 Å². The van der Waals surface area contributed by atoms with Gasteiger partial charge in [0.1, 0.15) is 72.5 Å². The van der Waals surface area contributed by atoms with E-state index in [1.54, 1.807) is 27.7 Å². The largest absolute Gasteiger partial charge is 0.481 e. The summed E-state index contributed by atoms with van der Waals surface area (Å²) in [7, 11) is 0. The monoisotopic (exact) mass is 1540 g/mol. The average Bonchev–Trinajstić information content (AvgIpc) is 1.61. The normalized spacial score (nSPS) is 18.7. The van der Waals surface area contributed by atoms with E-state index in [9.17, 15) is 121 Å². The van der Waals surface area contributed by atoms with Crippen LogP contribution in [0.1, 0.15) is 158 Å². The molecule has 20 N–H and O–H groups in total. The lowest BCUT2D eigenvalue weighted by molar-refractivity contribution is -0.146. The van der Waals surface area contributed by atoms with Gasteiger partial charge in [-0.25, -0.2) is 4.79 Å². The number of aliphatic carboxylic acids is 6. The summed E-state index contributed by atoms with van der Waals surface area (Å²) in [6.07, 6.45) is -5.88. The number of carboxylic acid groups (broad SMARTS) is 6. The van der Waals surface area contributed by atoms with Crippen LogP contribution in [0, 0.1) is 17.8 Å². The van der Waals surface area contributed by atoms with Crippen molar-refractivity contribution in [3.63, 3.8) is 0 Å². The van der Waals surface area contributed by atoms with Crippen LogP contribution in [-0.2, 0) is 95.9 Å². The molecular weight excluding hydrogens is 1430 g/mol. The van der Waals surface area contributed by atoms with Gasteiger partial charge in [0.15, 0.2) is 0 Å². The second-order valence-corrected chi connectivity index (χ2v) is 27.6. The molecule has 14 amide bonds. The Morgan fingerprint density at radius 3 is 1.31 bits per heavy atom. The zero-order valence-corrected chi connectivity index (χ0v) is 61.4. The van der Waals surface area contributed by atoms with Crippen LogP contribution in [0.2, 0.25) is 0 Å². The molecule has 108 heavy (non-hydrogen) atoms. The fourth-order valence-corrected chi connectivity index (χ4v) is 12.0. The quantitative estimate of drug-likeness (QED) is 0.0270. The summed E-state index contributed by atoms with van der Waals surface area (Å²) in [5.41, 5.74) is 5.89. The summed E-state index contributed by atoms with van der Waals surface area (Å²) in [5.74, 6) is -24.5. The Bertz CT molecular complexity index is 3330. The average molecular weight is 1540 g/mol. The van der Waals surface area contributed by atoms with Crippen LogP contribution in [0.25, 0.3) is 0 Å². The molecule has 0 spiro atoms. The summed E-state index contributed by atoms with van der Waals surface area (Å²) in [5, 5.41) is 93.1. The van der Waals surface area contributed by atoms with Crippen molar-refractivity contribution in [1.29, 1.82) is 0 Å². The zero-order valence-electron chi connectivity index (χ0n) is 61.4. The maximum Gasteiger partial charge on any atom is 0.326 e. The van der Waals surface area contributed by atoms with Crippen molar-refractivity contribution in [2.75, 3.05) is 32.7 Å². The number of hydrogen-bond donors (Lipinski definition) is 19. The number of amides is 14. The minimum atomic E-state index is -1.98. The highest BCUT2D eigenvalue weighted by atomic mass is 16.4. The van der Waals surface area contributed by atoms with E-state index in [-0.39, 0.29) is 76.9 Å². The molecule has 0 aromatic rings. The van der Waals surface area contributed by atoms with Crippen LogP contribution in [-0.4, -0.2) is 286 Å². The molecule has 3 rings (SSSR count).